The second-order valence-electron chi connectivity index (χ2n) is 5.95. The number of halogens is 1. The monoisotopic (exact) mass is 351 g/mol. The second kappa shape index (κ2) is 7.74. The Morgan fingerprint density at radius 3 is 2.33 bits per heavy atom. The van der Waals surface area contributed by atoms with E-state index >= 15 is 0 Å². The van der Waals surface area contributed by atoms with Crippen LogP contribution in [0.1, 0.15) is 55.8 Å². The summed E-state index contributed by atoms with van der Waals surface area (Å²) < 4.78 is 0.948. The maximum Gasteiger partial charge on any atom is 0.220 e. The smallest absolute Gasteiger partial charge is 0.220 e. The Morgan fingerprint density at radius 1 is 1.10 bits per heavy atom. The fraction of sp³-hybridized carbons (Fsp3) is 0.529. The Labute approximate surface area is 134 Å². The summed E-state index contributed by atoms with van der Waals surface area (Å²) in [6.45, 7) is 2.26. The highest BCUT2D eigenvalue weighted by molar-refractivity contribution is 9.10. The van der Waals surface area contributed by atoms with E-state index in [2.05, 4.69) is 28.2 Å². The van der Waals surface area contributed by atoms with Crippen LogP contribution in [0, 0.1) is 5.92 Å². The van der Waals surface area contributed by atoms with Gasteiger partial charge in [-0.1, -0.05) is 35.0 Å². The molecule has 2 rings (SSSR count). The van der Waals surface area contributed by atoms with Crippen molar-refractivity contribution >= 4 is 27.6 Å². The van der Waals surface area contributed by atoms with E-state index in [1.165, 1.54) is 12.8 Å². The SMILES string of the molecule is CC1CCC(NC(=O)CCC(=O)c2ccc(Br)cc2)CC1. The molecule has 0 aliphatic heterocycles. The van der Waals surface area contributed by atoms with Gasteiger partial charge in [0.2, 0.25) is 5.91 Å². The zero-order chi connectivity index (χ0) is 15.2. The molecular formula is C17H22BrNO2. The molecule has 0 aromatic heterocycles. The van der Waals surface area contributed by atoms with Crippen molar-refractivity contribution in [2.45, 2.75) is 51.5 Å². The molecule has 1 saturated carbocycles. The van der Waals surface area contributed by atoms with Crippen molar-refractivity contribution in [1.82, 2.24) is 5.32 Å². The minimum Gasteiger partial charge on any atom is -0.353 e. The van der Waals surface area contributed by atoms with Gasteiger partial charge in [0.05, 0.1) is 0 Å². The Morgan fingerprint density at radius 2 is 1.71 bits per heavy atom. The molecule has 1 aromatic rings. The maximum atomic E-state index is 12.0. The summed E-state index contributed by atoms with van der Waals surface area (Å²) in [7, 11) is 0. The lowest BCUT2D eigenvalue weighted by atomic mass is 9.87. The van der Waals surface area contributed by atoms with Gasteiger partial charge in [-0.15, -0.1) is 0 Å². The summed E-state index contributed by atoms with van der Waals surface area (Å²) in [5.41, 5.74) is 0.664. The van der Waals surface area contributed by atoms with Crippen LogP contribution in [0.2, 0.25) is 0 Å². The van der Waals surface area contributed by atoms with E-state index in [1.807, 2.05) is 12.1 Å². The minimum atomic E-state index is 0.0000136. The molecule has 0 radical (unpaired) electrons. The Balaban J connectivity index is 1.73. The van der Waals surface area contributed by atoms with Crippen LogP contribution in [0.3, 0.4) is 0 Å². The van der Waals surface area contributed by atoms with Crippen LogP contribution in [0.4, 0.5) is 0 Å². The third-order valence-corrected chi connectivity index (χ3v) is 4.65. The highest BCUT2D eigenvalue weighted by Crippen LogP contribution is 2.23. The molecule has 0 unspecified atom stereocenters. The lowest BCUT2D eigenvalue weighted by Crippen LogP contribution is -2.37. The highest BCUT2D eigenvalue weighted by atomic mass is 79.9. The fourth-order valence-electron chi connectivity index (χ4n) is 2.71. The van der Waals surface area contributed by atoms with Crippen LogP contribution in [0.15, 0.2) is 28.7 Å². The minimum absolute atomic E-state index is 0.0000136. The average Bonchev–Trinajstić information content (AvgIpc) is 2.48. The molecule has 1 aliphatic rings. The molecule has 0 bridgehead atoms. The van der Waals surface area contributed by atoms with Crippen LogP contribution in [0.5, 0.6) is 0 Å². The van der Waals surface area contributed by atoms with E-state index in [0.717, 1.165) is 23.2 Å². The molecule has 21 heavy (non-hydrogen) atoms. The number of hydrogen-bond acceptors (Lipinski definition) is 2. The van der Waals surface area contributed by atoms with Gasteiger partial charge in [-0.05, 0) is 43.7 Å². The number of nitrogens with one attached hydrogen (secondary N) is 1. The predicted molar refractivity (Wildman–Crippen MR) is 87.3 cm³/mol. The zero-order valence-electron chi connectivity index (χ0n) is 12.4. The number of benzene rings is 1. The van der Waals surface area contributed by atoms with Crippen LogP contribution < -0.4 is 5.32 Å². The van der Waals surface area contributed by atoms with Gasteiger partial charge in [-0.3, -0.25) is 9.59 Å². The molecule has 114 valence electrons. The lowest BCUT2D eigenvalue weighted by Gasteiger charge is -2.26. The number of rotatable bonds is 5. The van der Waals surface area contributed by atoms with Crippen molar-refractivity contribution in [2.75, 3.05) is 0 Å². The Hall–Kier alpha value is -1.16. The van der Waals surface area contributed by atoms with Crippen LogP contribution in [0.25, 0.3) is 0 Å². The maximum absolute atomic E-state index is 12.0. The van der Waals surface area contributed by atoms with Gasteiger partial charge in [0.1, 0.15) is 0 Å². The van der Waals surface area contributed by atoms with Crippen LogP contribution in [-0.2, 0) is 4.79 Å². The van der Waals surface area contributed by atoms with Gasteiger partial charge < -0.3 is 5.32 Å². The molecule has 0 spiro atoms. The van der Waals surface area contributed by atoms with Gasteiger partial charge in [-0.25, -0.2) is 0 Å². The Kier molecular flexibility index (Phi) is 5.97. The summed E-state index contributed by atoms with van der Waals surface area (Å²) in [5, 5.41) is 3.06. The van der Waals surface area contributed by atoms with Gasteiger partial charge in [0.15, 0.2) is 5.78 Å². The molecule has 1 N–H and O–H groups in total. The number of ketones is 1. The van der Waals surface area contributed by atoms with Crippen LogP contribution in [-0.4, -0.2) is 17.7 Å². The number of amides is 1. The average molecular weight is 352 g/mol. The molecule has 0 atom stereocenters. The molecular weight excluding hydrogens is 330 g/mol. The van der Waals surface area contributed by atoms with E-state index in [9.17, 15) is 9.59 Å². The molecule has 0 heterocycles. The van der Waals surface area contributed by atoms with E-state index in [-0.39, 0.29) is 24.5 Å². The summed E-state index contributed by atoms with van der Waals surface area (Å²) in [6, 6.07) is 7.56. The van der Waals surface area contributed by atoms with Crippen molar-refractivity contribution in [3.63, 3.8) is 0 Å². The number of carbonyl (C=O) groups excluding carboxylic acids is 2. The van der Waals surface area contributed by atoms with Crippen molar-refractivity contribution in [2.24, 2.45) is 5.92 Å². The zero-order valence-corrected chi connectivity index (χ0v) is 14.0. The van der Waals surface area contributed by atoms with Crippen molar-refractivity contribution < 1.29 is 9.59 Å². The van der Waals surface area contributed by atoms with Crippen molar-refractivity contribution in [3.8, 4) is 0 Å². The number of carbonyl (C=O) groups is 2. The molecule has 4 heteroatoms. The molecule has 3 nitrogen and oxygen atoms in total. The van der Waals surface area contributed by atoms with Gasteiger partial charge in [0, 0.05) is 28.9 Å². The van der Waals surface area contributed by atoms with Gasteiger partial charge >= 0.3 is 0 Å². The van der Waals surface area contributed by atoms with Gasteiger partial charge in [0.25, 0.3) is 0 Å². The first-order valence-corrected chi connectivity index (χ1v) is 8.42. The van der Waals surface area contributed by atoms with E-state index in [0.29, 0.717) is 11.6 Å². The molecule has 1 fully saturated rings. The largest absolute Gasteiger partial charge is 0.353 e. The molecule has 1 amide bonds. The van der Waals surface area contributed by atoms with E-state index in [1.54, 1.807) is 12.1 Å². The topological polar surface area (TPSA) is 46.2 Å². The summed E-state index contributed by atoms with van der Waals surface area (Å²) in [5.74, 6) is 0.798. The molecule has 1 aliphatic carbocycles. The van der Waals surface area contributed by atoms with Gasteiger partial charge in [-0.2, -0.15) is 0 Å². The first kappa shape index (κ1) is 16.2. The van der Waals surface area contributed by atoms with Crippen molar-refractivity contribution in [3.05, 3.63) is 34.3 Å². The predicted octanol–water partition coefficient (Wildman–Crippen LogP) is 4.11. The number of hydrogen-bond donors (Lipinski definition) is 1. The van der Waals surface area contributed by atoms with Crippen molar-refractivity contribution in [1.29, 1.82) is 0 Å². The van der Waals surface area contributed by atoms with E-state index in [4.69, 9.17) is 0 Å². The normalized spacial score (nSPS) is 21.8. The first-order chi connectivity index (χ1) is 10.0. The van der Waals surface area contributed by atoms with Crippen LogP contribution >= 0.6 is 15.9 Å². The fourth-order valence-corrected chi connectivity index (χ4v) is 2.98. The molecule has 0 saturated heterocycles. The summed E-state index contributed by atoms with van der Waals surface area (Å²) in [4.78, 5) is 23.9. The summed E-state index contributed by atoms with van der Waals surface area (Å²) in [6.07, 6.45) is 5.05. The third kappa shape index (κ3) is 5.27. The lowest BCUT2D eigenvalue weighted by molar-refractivity contribution is -0.122. The quantitative estimate of drug-likeness (QED) is 0.811. The summed E-state index contributed by atoms with van der Waals surface area (Å²) >= 11 is 3.34. The Bertz CT molecular complexity index is 490. The highest BCUT2D eigenvalue weighted by Gasteiger charge is 2.20. The third-order valence-electron chi connectivity index (χ3n) is 4.13. The molecule has 1 aromatic carbocycles. The van der Waals surface area contributed by atoms with E-state index < -0.39 is 0 Å². The number of Topliss-reactive ketones (excluding diaryl/α,β-unsaturated/α-hetero) is 1. The second-order valence-corrected chi connectivity index (χ2v) is 6.87. The first-order valence-electron chi connectivity index (χ1n) is 7.62. The standard InChI is InChI=1S/C17H22BrNO2/c1-12-2-8-15(9-3-12)19-17(21)11-10-16(20)13-4-6-14(18)7-5-13/h4-7,12,15H,2-3,8-11H2,1H3,(H,19,21).